The van der Waals surface area contributed by atoms with Gasteiger partial charge in [0.15, 0.2) is 0 Å². The van der Waals surface area contributed by atoms with Gasteiger partial charge in [-0.3, -0.25) is 14.6 Å². The fourth-order valence-corrected chi connectivity index (χ4v) is 4.19. The quantitative estimate of drug-likeness (QED) is 0.645. The standard InChI is InChI=1S/C24H25N5O3/c30-22-14-27-23-21(29(22)15-16-5-7-32-8-6-16)10-19(13-26-23)24(31)28-12-17-9-18-3-1-2-4-20(18)25-11-17/h1-4,9-11,13,16H,5-8,12,14-15H2,(H,26,27)(H,28,31). The molecule has 4 heterocycles. The molecule has 2 aliphatic rings. The maximum Gasteiger partial charge on any atom is 0.253 e. The number of amides is 2. The Labute approximate surface area is 186 Å². The molecule has 2 aromatic heterocycles. The smallest absolute Gasteiger partial charge is 0.253 e. The molecular formula is C24H25N5O3. The summed E-state index contributed by atoms with van der Waals surface area (Å²) in [7, 11) is 0. The number of pyridine rings is 2. The monoisotopic (exact) mass is 431 g/mol. The van der Waals surface area contributed by atoms with Crippen LogP contribution in [0.3, 0.4) is 0 Å². The van der Waals surface area contributed by atoms with Crippen molar-refractivity contribution in [2.45, 2.75) is 19.4 Å². The first-order valence-corrected chi connectivity index (χ1v) is 10.9. The van der Waals surface area contributed by atoms with Crippen molar-refractivity contribution in [1.29, 1.82) is 0 Å². The summed E-state index contributed by atoms with van der Waals surface area (Å²) >= 11 is 0. The molecule has 2 aliphatic heterocycles. The molecule has 1 aromatic carbocycles. The number of hydrogen-bond acceptors (Lipinski definition) is 6. The molecule has 32 heavy (non-hydrogen) atoms. The second kappa shape index (κ2) is 8.92. The maximum absolute atomic E-state index is 12.8. The third kappa shape index (κ3) is 4.27. The summed E-state index contributed by atoms with van der Waals surface area (Å²) < 4.78 is 5.44. The molecular weight excluding hydrogens is 406 g/mol. The van der Waals surface area contributed by atoms with Crippen molar-refractivity contribution in [3.05, 3.63) is 59.9 Å². The van der Waals surface area contributed by atoms with E-state index in [1.807, 2.05) is 30.3 Å². The molecule has 0 unspecified atom stereocenters. The maximum atomic E-state index is 12.8. The molecule has 1 fully saturated rings. The van der Waals surface area contributed by atoms with Gasteiger partial charge in [0.05, 0.1) is 23.3 Å². The van der Waals surface area contributed by atoms with Crippen LogP contribution in [-0.2, 0) is 16.1 Å². The van der Waals surface area contributed by atoms with E-state index in [4.69, 9.17) is 4.74 Å². The highest BCUT2D eigenvalue weighted by atomic mass is 16.5. The van der Waals surface area contributed by atoms with Gasteiger partial charge in [0.2, 0.25) is 5.91 Å². The molecule has 1 saturated heterocycles. The van der Waals surface area contributed by atoms with E-state index in [0.717, 1.165) is 42.5 Å². The highest BCUT2D eigenvalue weighted by Crippen LogP contribution is 2.30. The van der Waals surface area contributed by atoms with Crippen LogP contribution >= 0.6 is 0 Å². The molecule has 164 valence electrons. The lowest BCUT2D eigenvalue weighted by Gasteiger charge is -2.33. The number of hydrogen-bond donors (Lipinski definition) is 2. The van der Waals surface area contributed by atoms with Gasteiger partial charge in [-0.1, -0.05) is 18.2 Å². The van der Waals surface area contributed by atoms with Crippen molar-refractivity contribution in [3.8, 4) is 0 Å². The van der Waals surface area contributed by atoms with Gasteiger partial charge in [0.25, 0.3) is 5.91 Å². The molecule has 0 aliphatic carbocycles. The van der Waals surface area contributed by atoms with Crippen LogP contribution in [0.4, 0.5) is 11.5 Å². The molecule has 3 aromatic rings. The van der Waals surface area contributed by atoms with Crippen LogP contribution in [0.5, 0.6) is 0 Å². The number of nitrogens with one attached hydrogen (secondary N) is 2. The summed E-state index contributed by atoms with van der Waals surface area (Å²) in [5, 5.41) is 7.02. The van der Waals surface area contributed by atoms with Crippen LogP contribution in [-0.4, -0.2) is 48.1 Å². The first kappa shape index (κ1) is 20.4. The van der Waals surface area contributed by atoms with E-state index in [9.17, 15) is 9.59 Å². The molecule has 0 saturated carbocycles. The first-order valence-electron chi connectivity index (χ1n) is 10.9. The van der Waals surface area contributed by atoms with Crippen LogP contribution in [0.25, 0.3) is 10.9 Å². The van der Waals surface area contributed by atoms with Gasteiger partial charge < -0.3 is 20.3 Å². The largest absolute Gasteiger partial charge is 0.381 e. The van der Waals surface area contributed by atoms with Crippen molar-refractivity contribution in [2.75, 3.05) is 36.5 Å². The predicted octanol–water partition coefficient (Wildman–Crippen LogP) is 2.74. The van der Waals surface area contributed by atoms with E-state index in [1.54, 1.807) is 23.4 Å². The lowest BCUT2D eigenvalue weighted by atomic mass is 9.99. The number of nitrogens with zero attached hydrogens (tertiary/aromatic N) is 3. The van der Waals surface area contributed by atoms with Gasteiger partial charge in [-0.05, 0) is 42.5 Å². The number of para-hydroxylation sites is 1. The summed E-state index contributed by atoms with van der Waals surface area (Å²) in [6, 6.07) is 11.6. The Kier molecular flexibility index (Phi) is 5.68. The topological polar surface area (TPSA) is 96.5 Å². The highest BCUT2D eigenvalue weighted by Gasteiger charge is 2.29. The van der Waals surface area contributed by atoms with Crippen LogP contribution in [0.15, 0.2) is 48.8 Å². The Balaban J connectivity index is 1.31. The molecule has 5 rings (SSSR count). The van der Waals surface area contributed by atoms with E-state index in [-0.39, 0.29) is 18.4 Å². The lowest BCUT2D eigenvalue weighted by Crippen LogP contribution is -2.44. The lowest BCUT2D eigenvalue weighted by molar-refractivity contribution is -0.117. The van der Waals surface area contributed by atoms with E-state index >= 15 is 0 Å². The van der Waals surface area contributed by atoms with E-state index < -0.39 is 0 Å². The van der Waals surface area contributed by atoms with E-state index in [0.29, 0.717) is 36.1 Å². The zero-order valence-corrected chi connectivity index (χ0v) is 17.7. The summed E-state index contributed by atoms with van der Waals surface area (Å²) in [4.78, 5) is 36.1. The summed E-state index contributed by atoms with van der Waals surface area (Å²) in [5.74, 6) is 0.770. The predicted molar refractivity (Wildman–Crippen MR) is 122 cm³/mol. The van der Waals surface area contributed by atoms with Crippen molar-refractivity contribution in [3.63, 3.8) is 0 Å². The zero-order valence-electron chi connectivity index (χ0n) is 17.7. The summed E-state index contributed by atoms with van der Waals surface area (Å²) in [6.07, 6.45) is 5.17. The number of fused-ring (bicyclic) bond motifs is 2. The van der Waals surface area contributed by atoms with Gasteiger partial charge in [0.1, 0.15) is 5.82 Å². The number of ether oxygens (including phenoxy) is 1. The van der Waals surface area contributed by atoms with Crippen molar-refractivity contribution >= 4 is 34.2 Å². The fraction of sp³-hybridized carbons (Fsp3) is 0.333. The molecule has 2 N–H and O–H groups in total. The second-order valence-corrected chi connectivity index (χ2v) is 8.22. The molecule has 0 spiro atoms. The van der Waals surface area contributed by atoms with E-state index in [2.05, 4.69) is 20.6 Å². The Morgan fingerprint density at radius 1 is 1.16 bits per heavy atom. The molecule has 0 bridgehead atoms. The molecule has 2 amide bonds. The number of anilines is 2. The van der Waals surface area contributed by atoms with Gasteiger partial charge >= 0.3 is 0 Å². The van der Waals surface area contributed by atoms with Crippen LogP contribution in [0, 0.1) is 5.92 Å². The Morgan fingerprint density at radius 2 is 2.00 bits per heavy atom. The van der Waals surface area contributed by atoms with Crippen LogP contribution in [0.2, 0.25) is 0 Å². The average Bonchev–Trinajstić information content (AvgIpc) is 2.84. The first-order chi connectivity index (χ1) is 15.7. The van der Waals surface area contributed by atoms with Crippen molar-refractivity contribution < 1.29 is 14.3 Å². The van der Waals surface area contributed by atoms with Crippen LogP contribution in [0.1, 0.15) is 28.8 Å². The van der Waals surface area contributed by atoms with Crippen molar-refractivity contribution in [2.24, 2.45) is 5.92 Å². The number of aromatic nitrogens is 2. The fourth-order valence-electron chi connectivity index (χ4n) is 4.19. The zero-order chi connectivity index (χ0) is 21.9. The van der Waals surface area contributed by atoms with E-state index in [1.165, 1.54) is 0 Å². The molecule has 0 radical (unpaired) electrons. The Bertz CT molecular complexity index is 1160. The van der Waals surface area contributed by atoms with Gasteiger partial charge in [-0.15, -0.1) is 0 Å². The van der Waals surface area contributed by atoms with Crippen molar-refractivity contribution in [1.82, 2.24) is 15.3 Å². The molecule has 8 heteroatoms. The highest BCUT2D eigenvalue weighted by molar-refractivity contribution is 6.04. The number of carbonyl (C=O) groups excluding carboxylic acids is 2. The Hall–Kier alpha value is -3.52. The minimum atomic E-state index is -0.238. The number of benzene rings is 1. The normalized spacial score (nSPS) is 16.5. The number of rotatable bonds is 5. The summed E-state index contributed by atoms with van der Waals surface area (Å²) in [5.41, 5.74) is 2.92. The van der Waals surface area contributed by atoms with Gasteiger partial charge in [0, 0.05) is 44.1 Å². The minimum Gasteiger partial charge on any atom is -0.381 e. The second-order valence-electron chi connectivity index (χ2n) is 8.22. The number of carbonyl (C=O) groups is 2. The van der Waals surface area contributed by atoms with Gasteiger partial charge in [-0.2, -0.15) is 0 Å². The third-order valence-corrected chi connectivity index (χ3v) is 6.01. The third-order valence-electron chi connectivity index (χ3n) is 6.01. The van der Waals surface area contributed by atoms with Gasteiger partial charge in [-0.25, -0.2) is 4.98 Å². The minimum absolute atomic E-state index is 0.00871. The van der Waals surface area contributed by atoms with Crippen LogP contribution < -0.4 is 15.5 Å². The molecule has 8 nitrogen and oxygen atoms in total. The SMILES string of the molecule is O=C(NCc1cnc2ccccc2c1)c1cnc2c(c1)N(CC1CCOCC1)C(=O)CN2. The Morgan fingerprint density at radius 3 is 2.88 bits per heavy atom. The molecule has 0 atom stereocenters. The summed E-state index contributed by atoms with van der Waals surface area (Å²) in [6.45, 7) is 2.64. The average molecular weight is 431 g/mol.